The molecule has 0 spiro atoms. The maximum atomic E-state index is 11.4. The number of nitrogens with zero attached hydrogens (tertiary/aromatic N) is 4. The number of terminal acetylenes is 1. The van der Waals surface area contributed by atoms with E-state index in [0.717, 1.165) is 0 Å². The quantitative estimate of drug-likeness (QED) is 0.466. The Morgan fingerprint density at radius 3 is 2.85 bits per heavy atom. The summed E-state index contributed by atoms with van der Waals surface area (Å²) in [5.74, 6) is 2.52. The summed E-state index contributed by atoms with van der Waals surface area (Å²) >= 11 is 0. The van der Waals surface area contributed by atoms with Gasteiger partial charge in [0.15, 0.2) is 17.7 Å². The first kappa shape index (κ1) is 18.7. The van der Waals surface area contributed by atoms with Gasteiger partial charge in [-0.2, -0.15) is 0 Å². The summed E-state index contributed by atoms with van der Waals surface area (Å²) in [5, 5.41) is 0. The number of anilines is 1. The molecule has 26 heavy (non-hydrogen) atoms. The van der Waals surface area contributed by atoms with Crippen molar-refractivity contribution in [1.82, 2.24) is 19.5 Å². The van der Waals surface area contributed by atoms with Crippen LogP contribution in [0.2, 0.25) is 0 Å². The van der Waals surface area contributed by atoms with Crippen molar-refractivity contribution < 1.29 is 28.3 Å². The van der Waals surface area contributed by atoms with Crippen LogP contribution in [-0.4, -0.2) is 54.2 Å². The van der Waals surface area contributed by atoms with Crippen LogP contribution in [0.15, 0.2) is 12.7 Å². The van der Waals surface area contributed by atoms with E-state index in [1.54, 1.807) is 11.5 Å². The van der Waals surface area contributed by atoms with Crippen molar-refractivity contribution in [3.63, 3.8) is 0 Å². The van der Waals surface area contributed by atoms with Crippen LogP contribution in [-0.2, 0) is 18.6 Å². The minimum absolute atomic E-state index is 0.0915. The second kappa shape index (κ2) is 7.28. The fourth-order valence-electron chi connectivity index (χ4n) is 2.92. The summed E-state index contributed by atoms with van der Waals surface area (Å²) in [5.41, 5.74) is 6.56. The lowest BCUT2D eigenvalue weighted by Gasteiger charge is -2.24. The first-order valence-electron chi connectivity index (χ1n) is 7.73. The number of nitrogen functional groups attached to an aromatic ring is 1. The molecule has 0 radical (unpaired) electrons. The van der Waals surface area contributed by atoms with E-state index in [1.165, 1.54) is 12.7 Å². The van der Waals surface area contributed by atoms with Gasteiger partial charge in [0.05, 0.1) is 12.4 Å². The van der Waals surface area contributed by atoms with Gasteiger partial charge in [0.1, 0.15) is 30.7 Å². The van der Waals surface area contributed by atoms with E-state index in [-0.39, 0.29) is 12.4 Å². The Labute approximate surface area is 148 Å². The first-order chi connectivity index (χ1) is 12.4. The van der Waals surface area contributed by atoms with Crippen molar-refractivity contribution in [3.05, 3.63) is 12.7 Å². The second-order valence-electron chi connectivity index (χ2n) is 5.60. The molecule has 2 aromatic rings. The first-order valence-corrected chi connectivity index (χ1v) is 9.26. The van der Waals surface area contributed by atoms with Crippen molar-refractivity contribution in [2.24, 2.45) is 0 Å². The normalized spacial score (nSPS) is 26.2. The monoisotopic (exact) mass is 383 g/mol. The SMILES string of the molecule is C#CCOC1[C@@H](OP(=O)(O)O)[C@@H](CC)O[C@H]1n1cnc2c(N)ncnc21. The van der Waals surface area contributed by atoms with E-state index >= 15 is 0 Å². The van der Waals surface area contributed by atoms with E-state index in [9.17, 15) is 14.4 Å². The van der Waals surface area contributed by atoms with E-state index in [0.29, 0.717) is 17.6 Å². The largest absolute Gasteiger partial charge is 0.470 e. The zero-order valence-corrected chi connectivity index (χ0v) is 14.7. The molecule has 4 atom stereocenters. The third-order valence-electron chi connectivity index (χ3n) is 3.97. The third-order valence-corrected chi connectivity index (χ3v) is 4.49. The number of phosphoric ester groups is 1. The van der Waals surface area contributed by atoms with Gasteiger partial charge in [-0.1, -0.05) is 12.8 Å². The number of nitrogens with two attached hydrogens (primary N) is 1. The van der Waals surface area contributed by atoms with Crippen LogP contribution in [0.25, 0.3) is 11.2 Å². The number of aromatic nitrogens is 4. The Balaban J connectivity index is 2.02. The van der Waals surface area contributed by atoms with Crippen molar-refractivity contribution in [1.29, 1.82) is 0 Å². The molecule has 3 rings (SSSR count). The molecular formula is C14H18N5O6P. The Bertz CT molecular complexity index is 876. The summed E-state index contributed by atoms with van der Waals surface area (Å²) in [6.45, 7) is 1.71. The van der Waals surface area contributed by atoms with Crippen LogP contribution in [0, 0.1) is 12.3 Å². The van der Waals surface area contributed by atoms with Crippen molar-refractivity contribution in [3.8, 4) is 12.3 Å². The highest BCUT2D eigenvalue weighted by molar-refractivity contribution is 7.46. The minimum Gasteiger partial charge on any atom is -0.382 e. The highest BCUT2D eigenvalue weighted by Crippen LogP contribution is 2.45. The number of rotatable bonds is 6. The van der Waals surface area contributed by atoms with Crippen molar-refractivity contribution in [2.75, 3.05) is 12.3 Å². The number of imidazole rings is 1. The predicted octanol–water partition coefficient (Wildman–Crippen LogP) is 0.212. The average molecular weight is 383 g/mol. The molecule has 11 nitrogen and oxygen atoms in total. The van der Waals surface area contributed by atoms with Gasteiger partial charge in [-0.3, -0.25) is 9.09 Å². The molecule has 0 bridgehead atoms. The molecule has 12 heteroatoms. The third kappa shape index (κ3) is 3.57. The Hall–Kier alpha value is -2.06. The Kier molecular flexibility index (Phi) is 5.24. The van der Waals surface area contributed by atoms with Gasteiger partial charge >= 0.3 is 7.82 Å². The molecule has 3 heterocycles. The van der Waals surface area contributed by atoms with Crippen LogP contribution in [0.1, 0.15) is 19.6 Å². The van der Waals surface area contributed by atoms with E-state index in [4.69, 9.17) is 26.2 Å². The smallest absolute Gasteiger partial charge is 0.382 e. The summed E-state index contributed by atoms with van der Waals surface area (Å²) in [6, 6.07) is 0. The van der Waals surface area contributed by atoms with E-state index < -0.39 is 32.4 Å². The number of hydrogen-bond acceptors (Lipinski definition) is 8. The molecule has 0 aliphatic carbocycles. The number of phosphoric acid groups is 1. The van der Waals surface area contributed by atoms with Crippen LogP contribution >= 0.6 is 7.82 Å². The topological polar surface area (TPSA) is 155 Å². The molecule has 4 N–H and O–H groups in total. The molecular weight excluding hydrogens is 365 g/mol. The highest BCUT2D eigenvalue weighted by atomic mass is 31.2. The predicted molar refractivity (Wildman–Crippen MR) is 89.4 cm³/mol. The molecule has 1 aliphatic rings. The van der Waals surface area contributed by atoms with Gasteiger partial charge in [0.25, 0.3) is 0 Å². The summed E-state index contributed by atoms with van der Waals surface area (Å²) in [7, 11) is -4.78. The van der Waals surface area contributed by atoms with Crippen LogP contribution in [0.4, 0.5) is 5.82 Å². The number of hydrogen-bond donors (Lipinski definition) is 3. The van der Waals surface area contributed by atoms with E-state index in [1.807, 2.05) is 0 Å². The fraction of sp³-hybridized carbons (Fsp3) is 0.500. The zero-order valence-electron chi connectivity index (χ0n) is 13.8. The van der Waals surface area contributed by atoms with Crippen LogP contribution in [0.5, 0.6) is 0 Å². The van der Waals surface area contributed by atoms with Gasteiger partial charge in [-0.05, 0) is 6.42 Å². The molecule has 2 aromatic heterocycles. The fourth-order valence-corrected chi connectivity index (χ4v) is 3.50. The molecule has 0 aromatic carbocycles. The average Bonchev–Trinajstić information content (AvgIpc) is 3.14. The highest BCUT2D eigenvalue weighted by Gasteiger charge is 2.49. The molecule has 1 fully saturated rings. The minimum atomic E-state index is -4.78. The van der Waals surface area contributed by atoms with Gasteiger partial charge < -0.3 is 25.0 Å². The van der Waals surface area contributed by atoms with Crippen LogP contribution < -0.4 is 5.73 Å². The van der Waals surface area contributed by atoms with Gasteiger partial charge in [-0.25, -0.2) is 19.5 Å². The lowest BCUT2D eigenvalue weighted by molar-refractivity contribution is -0.0576. The Morgan fingerprint density at radius 1 is 1.42 bits per heavy atom. The maximum Gasteiger partial charge on any atom is 0.470 e. The molecule has 1 aliphatic heterocycles. The molecule has 0 amide bonds. The van der Waals surface area contributed by atoms with Crippen molar-refractivity contribution in [2.45, 2.75) is 37.9 Å². The zero-order chi connectivity index (χ0) is 18.9. The van der Waals surface area contributed by atoms with Gasteiger partial charge in [0, 0.05) is 0 Å². The van der Waals surface area contributed by atoms with Gasteiger partial charge in [0.2, 0.25) is 0 Å². The molecule has 1 unspecified atom stereocenters. The summed E-state index contributed by atoms with van der Waals surface area (Å²) in [4.78, 5) is 30.7. The standard InChI is InChI=1S/C14H18N5O6P/c1-3-5-23-11-10(25-26(20,21)22)8(4-2)24-14(11)19-7-18-9-12(15)16-6-17-13(9)19/h1,6-8,10-11,14H,4-5H2,2H3,(H2,15,16,17)(H2,20,21,22)/t8-,10+,11?,14-/m1/s1. The molecule has 0 saturated carbocycles. The number of ether oxygens (including phenoxy) is 2. The second-order valence-corrected chi connectivity index (χ2v) is 6.79. The van der Waals surface area contributed by atoms with Crippen LogP contribution in [0.3, 0.4) is 0 Å². The maximum absolute atomic E-state index is 11.4. The van der Waals surface area contributed by atoms with Gasteiger partial charge in [-0.15, -0.1) is 6.42 Å². The Morgan fingerprint density at radius 2 is 2.19 bits per heavy atom. The van der Waals surface area contributed by atoms with E-state index in [2.05, 4.69) is 20.9 Å². The molecule has 1 saturated heterocycles. The lowest BCUT2D eigenvalue weighted by atomic mass is 10.1. The number of fused-ring (bicyclic) bond motifs is 1. The lowest BCUT2D eigenvalue weighted by Crippen LogP contribution is -2.36. The summed E-state index contributed by atoms with van der Waals surface area (Å²) < 4.78 is 29.4. The van der Waals surface area contributed by atoms with Crippen molar-refractivity contribution >= 4 is 24.8 Å². The molecule has 140 valence electrons. The summed E-state index contributed by atoms with van der Waals surface area (Å²) in [6.07, 6.45) is 5.04.